The van der Waals surface area contributed by atoms with Crippen molar-refractivity contribution in [1.29, 1.82) is 0 Å². The predicted octanol–water partition coefficient (Wildman–Crippen LogP) is -0.0735. The summed E-state index contributed by atoms with van der Waals surface area (Å²) in [5, 5.41) is 11.0. The zero-order valence-electron chi connectivity index (χ0n) is 11.7. The number of aromatic nitrogens is 1. The molecule has 0 aliphatic carbocycles. The number of nitrogens with zero attached hydrogens (tertiary/aromatic N) is 2. The van der Waals surface area contributed by atoms with Crippen LogP contribution in [0.15, 0.2) is 23.4 Å². The summed E-state index contributed by atoms with van der Waals surface area (Å²) in [4.78, 5) is 25.8. The minimum atomic E-state index is -3.93. The normalized spacial score (nSPS) is 11.4. The number of hydrogen-bond acceptors (Lipinski definition) is 5. The molecule has 21 heavy (non-hydrogen) atoms. The molecular weight excluding hydrogens is 298 g/mol. The quantitative estimate of drug-likeness (QED) is 0.727. The molecule has 1 rings (SSSR count). The third kappa shape index (κ3) is 4.50. The smallest absolute Gasteiger partial charge is 0.337 e. The van der Waals surface area contributed by atoms with Crippen molar-refractivity contribution < 1.29 is 23.1 Å². The van der Waals surface area contributed by atoms with Crippen molar-refractivity contribution in [3.05, 3.63) is 23.9 Å². The van der Waals surface area contributed by atoms with Crippen LogP contribution in [0.5, 0.6) is 0 Å². The Hall–Kier alpha value is -2.00. The second kappa shape index (κ2) is 7.14. The van der Waals surface area contributed by atoms with E-state index in [1.54, 1.807) is 0 Å². The zero-order valence-corrected chi connectivity index (χ0v) is 12.6. The maximum Gasteiger partial charge on any atom is 0.337 e. The number of rotatable bonds is 7. The summed E-state index contributed by atoms with van der Waals surface area (Å²) in [6.45, 7) is 2.03. The molecule has 0 saturated heterocycles. The molecule has 0 spiro atoms. The average molecular weight is 315 g/mol. The summed E-state index contributed by atoms with van der Waals surface area (Å²) < 4.78 is 25.2. The molecule has 1 aromatic rings. The fourth-order valence-electron chi connectivity index (χ4n) is 1.43. The molecule has 2 N–H and O–H groups in total. The second-order valence-electron chi connectivity index (χ2n) is 4.30. The Labute approximate surface area is 122 Å². The molecule has 0 saturated carbocycles. The maximum absolute atomic E-state index is 12.2. The first-order chi connectivity index (χ1) is 9.78. The Kier molecular flexibility index (Phi) is 5.79. The van der Waals surface area contributed by atoms with Crippen molar-refractivity contribution in [2.75, 3.05) is 20.1 Å². The Morgan fingerprint density at radius 2 is 2.05 bits per heavy atom. The van der Waals surface area contributed by atoms with Crippen LogP contribution >= 0.6 is 0 Å². The lowest BCUT2D eigenvalue weighted by Gasteiger charge is -2.16. The lowest BCUT2D eigenvalue weighted by Crippen LogP contribution is -2.38. The van der Waals surface area contributed by atoms with Crippen LogP contribution in [-0.4, -0.2) is 54.8 Å². The molecule has 0 fully saturated rings. The standard InChI is InChI=1S/C12H17N3O5S/c1-3-6-13-10(16)8-15(2)21(19,20)11-5-4-9(7-14-11)12(17)18/h4-5,7H,3,6,8H2,1-2H3,(H,13,16)(H,17,18). The summed E-state index contributed by atoms with van der Waals surface area (Å²) in [5.74, 6) is -1.61. The lowest BCUT2D eigenvalue weighted by molar-refractivity contribution is -0.121. The van der Waals surface area contributed by atoms with Crippen LogP contribution in [0.25, 0.3) is 0 Å². The highest BCUT2D eigenvalue weighted by Crippen LogP contribution is 2.11. The van der Waals surface area contributed by atoms with Gasteiger partial charge in [-0.25, -0.2) is 18.2 Å². The van der Waals surface area contributed by atoms with E-state index in [-0.39, 0.29) is 17.1 Å². The molecule has 1 heterocycles. The molecule has 0 aliphatic rings. The number of sulfonamides is 1. The van der Waals surface area contributed by atoms with E-state index < -0.39 is 21.9 Å². The van der Waals surface area contributed by atoms with Gasteiger partial charge in [0.1, 0.15) is 0 Å². The van der Waals surface area contributed by atoms with E-state index in [0.29, 0.717) is 6.54 Å². The van der Waals surface area contributed by atoms with Gasteiger partial charge in [0.05, 0.1) is 12.1 Å². The van der Waals surface area contributed by atoms with Gasteiger partial charge in [-0.2, -0.15) is 4.31 Å². The van der Waals surface area contributed by atoms with Gasteiger partial charge >= 0.3 is 5.97 Å². The summed E-state index contributed by atoms with van der Waals surface area (Å²) in [7, 11) is -2.68. The first-order valence-corrected chi connectivity index (χ1v) is 7.65. The summed E-state index contributed by atoms with van der Waals surface area (Å²) in [6, 6.07) is 2.24. The van der Waals surface area contributed by atoms with Crippen LogP contribution in [0.2, 0.25) is 0 Å². The van der Waals surface area contributed by atoms with Crippen LogP contribution in [0.3, 0.4) is 0 Å². The average Bonchev–Trinajstić information content (AvgIpc) is 2.45. The molecule has 9 heteroatoms. The highest BCUT2D eigenvalue weighted by atomic mass is 32.2. The highest BCUT2D eigenvalue weighted by molar-refractivity contribution is 7.89. The fraction of sp³-hybridized carbons (Fsp3) is 0.417. The van der Waals surface area contributed by atoms with Crippen LogP contribution in [0, 0.1) is 0 Å². The summed E-state index contributed by atoms with van der Waals surface area (Å²) in [6.07, 6.45) is 1.71. The lowest BCUT2D eigenvalue weighted by atomic mass is 10.3. The van der Waals surface area contributed by atoms with E-state index in [9.17, 15) is 18.0 Å². The third-order valence-electron chi connectivity index (χ3n) is 2.60. The highest BCUT2D eigenvalue weighted by Gasteiger charge is 2.24. The summed E-state index contributed by atoms with van der Waals surface area (Å²) in [5.41, 5.74) is -0.114. The van der Waals surface area contributed by atoms with Gasteiger partial charge in [-0.1, -0.05) is 6.92 Å². The van der Waals surface area contributed by atoms with Crippen molar-refractivity contribution >= 4 is 21.9 Å². The van der Waals surface area contributed by atoms with Crippen LogP contribution in [0.4, 0.5) is 0 Å². The number of carboxylic acid groups (broad SMARTS) is 1. The van der Waals surface area contributed by atoms with E-state index in [4.69, 9.17) is 5.11 Å². The van der Waals surface area contributed by atoms with Gasteiger partial charge in [-0.05, 0) is 18.6 Å². The predicted molar refractivity (Wildman–Crippen MR) is 74.3 cm³/mol. The number of aromatic carboxylic acids is 1. The number of hydrogen-bond donors (Lipinski definition) is 2. The topological polar surface area (TPSA) is 117 Å². The molecule has 0 aliphatic heterocycles. The first kappa shape index (κ1) is 17.1. The molecule has 0 radical (unpaired) electrons. The molecule has 0 aromatic carbocycles. The summed E-state index contributed by atoms with van der Waals surface area (Å²) >= 11 is 0. The van der Waals surface area contributed by atoms with E-state index in [0.717, 1.165) is 29.1 Å². The van der Waals surface area contributed by atoms with Crippen molar-refractivity contribution in [2.24, 2.45) is 0 Å². The number of carbonyl (C=O) groups is 2. The van der Waals surface area contributed by atoms with Crippen molar-refractivity contribution in [3.8, 4) is 0 Å². The van der Waals surface area contributed by atoms with Gasteiger partial charge in [0.2, 0.25) is 5.91 Å². The second-order valence-corrected chi connectivity index (χ2v) is 6.29. The molecule has 1 amide bonds. The number of carbonyl (C=O) groups excluding carboxylic acids is 1. The van der Waals surface area contributed by atoms with Crippen molar-refractivity contribution in [3.63, 3.8) is 0 Å². The fourth-order valence-corrected chi connectivity index (χ4v) is 2.46. The van der Waals surface area contributed by atoms with E-state index >= 15 is 0 Å². The van der Waals surface area contributed by atoms with Gasteiger partial charge in [0.15, 0.2) is 5.03 Å². The number of nitrogens with one attached hydrogen (secondary N) is 1. The van der Waals surface area contributed by atoms with Gasteiger partial charge < -0.3 is 10.4 Å². The van der Waals surface area contributed by atoms with Crippen LogP contribution < -0.4 is 5.32 Å². The molecule has 0 atom stereocenters. The number of pyridine rings is 1. The molecule has 0 bridgehead atoms. The van der Waals surface area contributed by atoms with E-state index in [1.165, 1.54) is 7.05 Å². The van der Waals surface area contributed by atoms with Gasteiger partial charge in [-0.15, -0.1) is 0 Å². The Balaban J connectivity index is 2.84. The molecule has 1 aromatic heterocycles. The monoisotopic (exact) mass is 315 g/mol. The third-order valence-corrected chi connectivity index (χ3v) is 4.32. The van der Waals surface area contributed by atoms with Gasteiger partial charge in [0.25, 0.3) is 10.0 Å². The molecule has 0 unspecified atom stereocenters. The molecule has 8 nitrogen and oxygen atoms in total. The zero-order chi connectivity index (χ0) is 16.0. The first-order valence-electron chi connectivity index (χ1n) is 6.21. The Morgan fingerprint density at radius 3 is 2.52 bits per heavy atom. The van der Waals surface area contributed by atoms with Gasteiger partial charge in [-0.3, -0.25) is 4.79 Å². The van der Waals surface area contributed by atoms with Crippen molar-refractivity contribution in [2.45, 2.75) is 18.4 Å². The largest absolute Gasteiger partial charge is 0.478 e. The Morgan fingerprint density at radius 1 is 1.38 bits per heavy atom. The number of amides is 1. The van der Waals surface area contributed by atoms with E-state index in [2.05, 4.69) is 10.3 Å². The van der Waals surface area contributed by atoms with E-state index in [1.807, 2.05) is 6.92 Å². The molecule has 116 valence electrons. The van der Waals surface area contributed by atoms with Crippen molar-refractivity contribution in [1.82, 2.24) is 14.6 Å². The SMILES string of the molecule is CCCNC(=O)CN(C)S(=O)(=O)c1ccc(C(=O)O)cn1. The maximum atomic E-state index is 12.2. The minimum Gasteiger partial charge on any atom is -0.478 e. The molecular formula is C12H17N3O5S. The van der Waals surface area contributed by atoms with Crippen LogP contribution in [0.1, 0.15) is 23.7 Å². The minimum absolute atomic E-state index is 0.114. The number of likely N-dealkylation sites (N-methyl/N-ethyl adjacent to an activating group) is 1. The Bertz CT molecular complexity index is 612. The van der Waals surface area contributed by atoms with Gasteiger partial charge in [0, 0.05) is 19.8 Å². The van der Waals surface area contributed by atoms with Crippen LogP contribution in [-0.2, 0) is 14.8 Å². The number of carboxylic acids is 1.